The van der Waals surface area contributed by atoms with Gasteiger partial charge < -0.3 is 16.2 Å². The highest BCUT2D eigenvalue weighted by Gasteiger charge is 2.24. The standard InChI is InChI=1S/C17H15N5O/c18-7-13-15(11-2-1-3-12(23)6-11)14(8-19)17(22-16(13)20)21-9-10-4-5-10/h1-3,6,10,23H,4-5,9H2,(H3,20,21,22). The number of aromatic hydroxyl groups is 1. The fourth-order valence-electron chi connectivity index (χ4n) is 2.47. The molecule has 1 aliphatic rings. The van der Waals surface area contributed by atoms with Gasteiger partial charge in [0.15, 0.2) is 0 Å². The summed E-state index contributed by atoms with van der Waals surface area (Å²) in [6, 6.07) is 10.5. The Bertz CT molecular complexity index is 843. The van der Waals surface area contributed by atoms with E-state index in [1.165, 1.54) is 25.0 Å². The Kier molecular flexibility index (Phi) is 3.74. The largest absolute Gasteiger partial charge is 0.508 e. The first-order chi connectivity index (χ1) is 11.1. The first-order valence-electron chi connectivity index (χ1n) is 7.31. The third kappa shape index (κ3) is 2.88. The van der Waals surface area contributed by atoms with Crippen LogP contribution in [0, 0.1) is 28.6 Å². The third-order valence-electron chi connectivity index (χ3n) is 3.84. The van der Waals surface area contributed by atoms with Gasteiger partial charge in [0.2, 0.25) is 0 Å². The number of nitrogens with two attached hydrogens (primary N) is 1. The van der Waals surface area contributed by atoms with Gasteiger partial charge in [0.25, 0.3) is 0 Å². The number of hydrogen-bond donors (Lipinski definition) is 3. The summed E-state index contributed by atoms with van der Waals surface area (Å²) in [6.07, 6.45) is 2.33. The van der Waals surface area contributed by atoms with Crippen LogP contribution in [-0.4, -0.2) is 16.6 Å². The van der Waals surface area contributed by atoms with Crippen LogP contribution in [0.5, 0.6) is 5.75 Å². The van der Waals surface area contributed by atoms with E-state index >= 15 is 0 Å². The van der Waals surface area contributed by atoms with Gasteiger partial charge in [0, 0.05) is 12.1 Å². The smallest absolute Gasteiger partial charge is 0.147 e. The van der Waals surface area contributed by atoms with Gasteiger partial charge in [-0.15, -0.1) is 0 Å². The Hall–Kier alpha value is -3.25. The van der Waals surface area contributed by atoms with Gasteiger partial charge in [-0.1, -0.05) is 12.1 Å². The molecule has 0 spiro atoms. The number of phenols is 1. The number of nitriles is 2. The lowest BCUT2D eigenvalue weighted by atomic mass is 9.96. The van der Waals surface area contributed by atoms with Crippen molar-refractivity contribution in [3.8, 4) is 29.0 Å². The molecule has 6 nitrogen and oxygen atoms in total. The average Bonchev–Trinajstić information content (AvgIpc) is 3.36. The lowest BCUT2D eigenvalue weighted by Crippen LogP contribution is -2.11. The minimum absolute atomic E-state index is 0.0538. The molecule has 1 saturated carbocycles. The fraction of sp³-hybridized carbons (Fsp3) is 0.235. The van der Waals surface area contributed by atoms with E-state index in [9.17, 15) is 15.6 Å². The zero-order valence-electron chi connectivity index (χ0n) is 12.4. The second kappa shape index (κ2) is 5.86. The van der Waals surface area contributed by atoms with Crippen LogP contribution in [0.4, 0.5) is 11.6 Å². The molecule has 0 unspecified atom stereocenters. The van der Waals surface area contributed by atoms with Crippen LogP contribution in [0.3, 0.4) is 0 Å². The molecule has 0 aliphatic heterocycles. The second-order valence-electron chi connectivity index (χ2n) is 5.57. The maximum atomic E-state index is 9.70. The summed E-state index contributed by atoms with van der Waals surface area (Å²) in [5.41, 5.74) is 7.27. The number of pyridine rings is 1. The minimum Gasteiger partial charge on any atom is -0.508 e. The first kappa shape index (κ1) is 14.7. The molecule has 0 radical (unpaired) electrons. The van der Waals surface area contributed by atoms with E-state index in [0.717, 1.165) is 6.54 Å². The van der Waals surface area contributed by atoms with Gasteiger partial charge in [-0.3, -0.25) is 0 Å². The van der Waals surface area contributed by atoms with E-state index in [1.807, 2.05) is 6.07 Å². The highest BCUT2D eigenvalue weighted by molar-refractivity contribution is 5.85. The molecule has 1 aromatic carbocycles. The van der Waals surface area contributed by atoms with Crippen molar-refractivity contribution in [1.29, 1.82) is 10.5 Å². The zero-order chi connectivity index (χ0) is 16.4. The Morgan fingerprint density at radius 3 is 2.61 bits per heavy atom. The molecule has 2 aromatic rings. The topological polar surface area (TPSA) is 119 Å². The molecule has 114 valence electrons. The highest BCUT2D eigenvalue weighted by atomic mass is 16.3. The SMILES string of the molecule is N#Cc1c(N)nc(NCC2CC2)c(C#N)c1-c1cccc(O)c1. The maximum Gasteiger partial charge on any atom is 0.147 e. The first-order valence-corrected chi connectivity index (χ1v) is 7.31. The molecule has 3 rings (SSSR count). The molecule has 0 saturated heterocycles. The van der Waals surface area contributed by atoms with Crippen molar-refractivity contribution in [2.75, 3.05) is 17.6 Å². The van der Waals surface area contributed by atoms with Gasteiger partial charge in [0.05, 0.1) is 0 Å². The summed E-state index contributed by atoms with van der Waals surface area (Å²) < 4.78 is 0. The molecule has 1 heterocycles. The minimum atomic E-state index is 0.0538. The third-order valence-corrected chi connectivity index (χ3v) is 3.84. The molecule has 23 heavy (non-hydrogen) atoms. The van der Waals surface area contributed by atoms with Crippen LogP contribution >= 0.6 is 0 Å². The van der Waals surface area contributed by atoms with Crippen LogP contribution in [0.1, 0.15) is 24.0 Å². The van der Waals surface area contributed by atoms with Crippen molar-refractivity contribution >= 4 is 11.6 Å². The second-order valence-corrected chi connectivity index (χ2v) is 5.57. The number of nitrogens with zero attached hydrogens (tertiary/aromatic N) is 3. The van der Waals surface area contributed by atoms with Crippen LogP contribution in [-0.2, 0) is 0 Å². The van der Waals surface area contributed by atoms with E-state index in [4.69, 9.17) is 5.73 Å². The van der Waals surface area contributed by atoms with Crippen molar-refractivity contribution in [3.05, 3.63) is 35.4 Å². The van der Waals surface area contributed by atoms with Gasteiger partial charge >= 0.3 is 0 Å². The van der Waals surface area contributed by atoms with Crippen molar-refractivity contribution in [2.45, 2.75) is 12.8 Å². The summed E-state index contributed by atoms with van der Waals surface area (Å²) in [4.78, 5) is 4.18. The normalized spacial score (nSPS) is 13.1. The van der Waals surface area contributed by atoms with Crippen molar-refractivity contribution < 1.29 is 5.11 Å². The van der Waals surface area contributed by atoms with Crippen molar-refractivity contribution in [3.63, 3.8) is 0 Å². The molecule has 1 aliphatic carbocycles. The summed E-state index contributed by atoms with van der Waals surface area (Å²) >= 11 is 0. The molecule has 0 amide bonds. The van der Waals surface area contributed by atoms with E-state index < -0.39 is 0 Å². The van der Waals surface area contributed by atoms with Gasteiger partial charge in [-0.05, 0) is 36.5 Å². The highest BCUT2D eigenvalue weighted by Crippen LogP contribution is 2.36. The van der Waals surface area contributed by atoms with Crippen LogP contribution in [0.25, 0.3) is 11.1 Å². The fourth-order valence-corrected chi connectivity index (χ4v) is 2.47. The quantitative estimate of drug-likeness (QED) is 0.798. The van der Waals surface area contributed by atoms with Crippen LogP contribution < -0.4 is 11.1 Å². The number of rotatable bonds is 4. The summed E-state index contributed by atoms with van der Waals surface area (Å²) in [7, 11) is 0. The summed E-state index contributed by atoms with van der Waals surface area (Å²) in [5, 5.41) is 31.8. The molecular weight excluding hydrogens is 290 g/mol. The number of aromatic nitrogens is 1. The Morgan fingerprint density at radius 1 is 1.26 bits per heavy atom. The van der Waals surface area contributed by atoms with Gasteiger partial charge in [-0.25, -0.2) is 4.98 Å². The number of nitrogens with one attached hydrogen (secondary N) is 1. The molecule has 4 N–H and O–H groups in total. The van der Waals surface area contributed by atoms with Crippen LogP contribution in [0.15, 0.2) is 24.3 Å². The average molecular weight is 305 g/mol. The zero-order valence-corrected chi connectivity index (χ0v) is 12.4. The Labute approximate surface area is 133 Å². The summed E-state index contributed by atoms with van der Waals surface area (Å²) in [6.45, 7) is 0.729. The van der Waals surface area contributed by atoms with Gasteiger partial charge in [0.1, 0.15) is 40.7 Å². The van der Waals surface area contributed by atoms with E-state index in [2.05, 4.69) is 16.4 Å². The maximum absolute atomic E-state index is 9.70. The number of anilines is 2. The number of phenolic OH excluding ortho intramolecular Hbond substituents is 1. The van der Waals surface area contributed by atoms with Crippen molar-refractivity contribution in [2.24, 2.45) is 5.92 Å². The monoisotopic (exact) mass is 305 g/mol. The van der Waals surface area contributed by atoms with E-state index in [-0.39, 0.29) is 22.7 Å². The Morgan fingerprint density at radius 2 is 2.00 bits per heavy atom. The lowest BCUT2D eigenvalue weighted by molar-refractivity contribution is 0.475. The van der Waals surface area contributed by atoms with Crippen molar-refractivity contribution in [1.82, 2.24) is 4.98 Å². The van der Waals surface area contributed by atoms with E-state index in [0.29, 0.717) is 22.9 Å². The number of hydrogen-bond acceptors (Lipinski definition) is 6. The molecule has 1 aromatic heterocycles. The number of benzene rings is 1. The molecule has 6 heteroatoms. The lowest BCUT2D eigenvalue weighted by Gasteiger charge is -2.14. The van der Waals surface area contributed by atoms with Crippen LogP contribution in [0.2, 0.25) is 0 Å². The number of nitrogen functional groups attached to an aromatic ring is 1. The Balaban J connectivity index is 2.18. The molecule has 0 bridgehead atoms. The predicted molar refractivity (Wildman–Crippen MR) is 86.4 cm³/mol. The predicted octanol–water partition coefficient (Wildman–Crippen LogP) is 2.60. The molecule has 1 fully saturated rings. The van der Waals surface area contributed by atoms with Gasteiger partial charge in [-0.2, -0.15) is 10.5 Å². The molecular formula is C17H15N5O. The molecule has 0 atom stereocenters. The summed E-state index contributed by atoms with van der Waals surface area (Å²) in [5.74, 6) is 1.11. The van der Waals surface area contributed by atoms with E-state index in [1.54, 1.807) is 12.1 Å².